The van der Waals surface area contributed by atoms with E-state index in [4.69, 9.17) is 0 Å². The minimum Gasteiger partial charge on any atom is -0.150 e. The number of hydrogen-bond acceptors (Lipinski definition) is 2. The molecule has 0 saturated heterocycles. The Balaban J connectivity index is 0.000000829. The van der Waals surface area contributed by atoms with Crippen LogP contribution in [0.1, 0.15) is 38.8 Å². The van der Waals surface area contributed by atoms with Crippen molar-refractivity contribution in [2.75, 3.05) is 0 Å². The Morgan fingerprint density at radius 1 is 0.750 bits per heavy atom. The van der Waals surface area contributed by atoms with E-state index in [1.807, 2.05) is 52.0 Å². The van der Waals surface area contributed by atoms with Gasteiger partial charge in [0.2, 0.25) is 0 Å². The molecule has 2 aromatic rings. The van der Waals surface area contributed by atoms with E-state index >= 15 is 0 Å². The fourth-order valence-corrected chi connectivity index (χ4v) is 1.62. The van der Waals surface area contributed by atoms with Gasteiger partial charge in [0.25, 0.3) is 0 Å². The van der Waals surface area contributed by atoms with Gasteiger partial charge >= 0.3 is 0 Å². The van der Waals surface area contributed by atoms with Gasteiger partial charge in [0.1, 0.15) is 6.54 Å². The highest BCUT2D eigenvalue weighted by molar-refractivity contribution is 5.63. The molecule has 0 aromatic heterocycles. The van der Waals surface area contributed by atoms with E-state index in [2.05, 4.69) is 36.4 Å². The van der Waals surface area contributed by atoms with Crippen molar-refractivity contribution in [1.82, 2.24) is 0 Å². The van der Waals surface area contributed by atoms with Crippen LogP contribution in [0.25, 0.3) is 11.1 Å². The summed E-state index contributed by atoms with van der Waals surface area (Å²) in [7, 11) is 0. The molecule has 108 valence electrons. The van der Waals surface area contributed by atoms with E-state index in [-0.39, 0.29) is 6.54 Å². The molecule has 2 aromatic carbocycles. The second-order valence-electron chi connectivity index (χ2n) is 3.85. The molecule has 0 amide bonds. The highest BCUT2D eigenvalue weighted by atomic mass is 16.3. The third-order valence-electron chi connectivity index (χ3n) is 2.59. The normalized spacial score (nSPS) is 8.65. The molecule has 0 N–H and O–H groups in total. The summed E-state index contributed by atoms with van der Waals surface area (Å²) in [5.41, 5.74) is 4.56. The SMILES string of the molecule is CC.CC.Cc1ccc(-c2ccc(CN=O)cc2)cc1. The molecule has 0 spiro atoms. The summed E-state index contributed by atoms with van der Waals surface area (Å²) in [5, 5.41) is 2.87. The fraction of sp³-hybridized carbons (Fsp3) is 0.333. The molecule has 0 aliphatic rings. The molecule has 0 aliphatic heterocycles. The van der Waals surface area contributed by atoms with Crippen LogP contribution in [0.3, 0.4) is 0 Å². The smallest absolute Gasteiger partial charge is 0.106 e. The number of nitroso groups, excluding NO2 is 1. The maximum absolute atomic E-state index is 10.1. The third kappa shape index (κ3) is 5.79. The molecular weight excluding hydrogens is 246 g/mol. The lowest BCUT2D eigenvalue weighted by atomic mass is 10.0. The summed E-state index contributed by atoms with van der Waals surface area (Å²) in [6.07, 6.45) is 0. The number of aryl methyl sites for hydroxylation is 1. The standard InChI is InChI=1S/C14H13NO.2C2H6/c1-11-2-6-13(7-3-11)14-8-4-12(5-9-14)10-15-16;2*1-2/h2-9H,10H2,1H3;2*1-2H3. The highest BCUT2D eigenvalue weighted by Gasteiger charge is 1.97. The number of benzene rings is 2. The van der Waals surface area contributed by atoms with Crippen LogP contribution in [0.15, 0.2) is 53.7 Å². The van der Waals surface area contributed by atoms with Gasteiger partial charge in [-0.05, 0) is 23.6 Å². The largest absolute Gasteiger partial charge is 0.150 e. The summed E-state index contributed by atoms with van der Waals surface area (Å²) in [6.45, 7) is 10.3. The van der Waals surface area contributed by atoms with Gasteiger partial charge in [-0.15, -0.1) is 0 Å². The van der Waals surface area contributed by atoms with Crippen LogP contribution < -0.4 is 0 Å². The summed E-state index contributed by atoms with van der Waals surface area (Å²) < 4.78 is 0. The topological polar surface area (TPSA) is 29.4 Å². The fourth-order valence-electron chi connectivity index (χ4n) is 1.62. The lowest BCUT2D eigenvalue weighted by Gasteiger charge is -2.03. The zero-order valence-corrected chi connectivity index (χ0v) is 13.2. The van der Waals surface area contributed by atoms with Gasteiger partial charge in [0, 0.05) is 0 Å². The van der Waals surface area contributed by atoms with Crippen LogP contribution in [0.5, 0.6) is 0 Å². The molecule has 0 heterocycles. The van der Waals surface area contributed by atoms with Crippen molar-refractivity contribution in [3.05, 3.63) is 64.6 Å². The lowest BCUT2D eigenvalue weighted by Crippen LogP contribution is -1.82. The predicted octanol–water partition coefficient (Wildman–Crippen LogP) is 5.98. The first-order valence-corrected chi connectivity index (χ1v) is 7.25. The van der Waals surface area contributed by atoms with Crippen molar-refractivity contribution >= 4 is 0 Å². The Kier molecular flexibility index (Phi) is 9.85. The van der Waals surface area contributed by atoms with Crippen LogP contribution in [-0.2, 0) is 6.54 Å². The Bertz CT molecular complexity index is 472. The quantitative estimate of drug-likeness (QED) is 0.631. The van der Waals surface area contributed by atoms with Crippen molar-refractivity contribution in [2.45, 2.75) is 41.2 Å². The minimum atomic E-state index is 0.244. The molecule has 0 saturated carbocycles. The van der Waals surface area contributed by atoms with E-state index < -0.39 is 0 Å². The van der Waals surface area contributed by atoms with E-state index in [9.17, 15) is 4.91 Å². The van der Waals surface area contributed by atoms with Crippen LogP contribution in [0, 0.1) is 11.8 Å². The van der Waals surface area contributed by atoms with E-state index in [0.29, 0.717) is 0 Å². The summed E-state index contributed by atoms with van der Waals surface area (Å²) in [5.74, 6) is 0. The first kappa shape index (κ1) is 18.0. The van der Waals surface area contributed by atoms with E-state index in [1.165, 1.54) is 11.1 Å². The first-order chi connectivity index (χ1) is 9.79. The van der Waals surface area contributed by atoms with Gasteiger partial charge in [0.15, 0.2) is 0 Å². The van der Waals surface area contributed by atoms with Crippen molar-refractivity contribution < 1.29 is 0 Å². The molecule has 0 aliphatic carbocycles. The maximum Gasteiger partial charge on any atom is 0.106 e. The van der Waals surface area contributed by atoms with E-state index in [0.717, 1.165) is 11.1 Å². The molecule has 0 radical (unpaired) electrons. The molecule has 0 fully saturated rings. The van der Waals surface area contributed by atoms with Gasteiger partial charge in [-0.3, -0.25) is 0 Å². The number of hydrogen-bond donors (Lipinski definition) is 0. The average Bonchev–Trinajstić information content (AvgIpc) is 2.53. The second kappa shape index (κ2) is 10.9. The van der Waals surface area contributed by atoms with Crippen LogP contribution in [0.2, 0.25) is 0 Å². The van der Waals surface area contributed by atoms with Gasteiger partial charge in [-0.1, -0.05) is 87.0 Å². The number of rotatable bonds is 3. The highest BCUT2D eigenvalue weighted by Crippen LogP contribution is 2.20. The maximum atomic E-state index is 10.1. The molecule has 0 bridgehead atoms. The van der Waals surface area contributed by atoms with Gasteiger partial charge in [-0.25, -0.2) is 0 Å². The van der Waals surface area contributed by atoms with Crippen LogP contribution in [0.4, 0.5) is 0 Å². The molecule has 0 atom stereocenters. The van der Waals surface area contributed by atoms with Gasteiger partial charge in [-0.2, -0.15) is 4.91 Å². The molecule has 2 nitrogen and oxygen atoms in total. The summed E-state index contributed by atoms with van der Waals surface area (Å²) >= 11 is 0. The van der Waals surface area contributed by atoms with Crippen LogP contribution >= 0.6 is 0 Å². The van der Waals surface area contributed by atoms with Crippen molar-refractivity contribution in [3.63, 3.8) is 0 Å². The van der Waals surface area contributed by atoms with Gasteiger partial charge < -0.3 is 0 Å². The monoisotopic (exact) mass is 271 g/mol. The molecular formula is C18H25NO. The van der Waals surface area contributed by atoms with E-state index in [1.54, 1.807) is 0 Å². The Morgan fingerprint density at radius 2 is 1.15 bits per heavy atom. The van der Waals surface area contributed by atoms with Crippen molar-refractivity contribution in [3.8, 4) is 11.1 Å². The summed E-state index contributed by atoms with van der Waals surface area (Å²) in [6, 6.07) is 16.3. The summed E-state index contributed by atoms with van der Waals surface area (Å²) in [4.78, 5) is 10.1. The molecule has 0 unspecified atom stereocenters. The average molecular weight is 271 g/mol. The zero-order chi connectivity index (χ0) is 15.4. The van der Waals surface area contributed by atoms with Crippen molar-refractivity contribution in [1.29, 1.82) is 0 Å². The minimum absolute atomic E-state index is 0.244. The Morgan fingerprint density at radius 3 is 1.55 bits per heavy atom. The van der Waals surface area contributed by atoms with Crippen molar-refractivity contribution in [2.24, 2.45) is 5.18 Å². The first-order valence-electron chi connectivity index (χ1n) is 7.25. The van der Waals surface area contributed by atoms with Crippen LogP contribution in [-0.4, -0.2) is 0 Å². The zero-order valence-electron chi connectivity index (χ0n) is 13.2. The molecule has 20 heavy (non-hydrogen) atoms. The number of nitrogens with zero attached hydrogens (tertiary/aromatic N) is 1. The predicted molar refractivity (Wildman–Crippen MR) is 88.8 cm³/mol. The van der Waals surface area contributed by atoms with Gasteiger partial charge in [0.05, 0.1) is 0 Å². The molecule has 2 rings (SSSR count). The second-order valence-corrected chi connectivity index (χ2v) is 3.85. The molecule has 2 heteroatoms. The third-order valence-corrected chi connectivity index (χ3v) is 2.59. The Labute approximate surface area is 122 Å². The lowest BCUT2D eigenvalue weighted by molar-refractivity contribution is 1.06. The Hall–Kier alpha value is -1.96.